The molecule has 0 aromatic heterocycles. The van der Waals surface area contributed by atoms with Gasteiger partial charge in [-0.3, -0.25) is 37.3 Å². The van der Waals surface area contributed by atoms with Crippen LogP contribution in [0.15, 0.2) is 109 Å². The van der Waals surface area contributed by atoms with Crippen molar-refractivity contribution in [3.05, 3.63) is 109 Å². The number of ether oxygens (including phenoxy) is 4. The first-order chi connectivity index (χ1) is 49.7. The Balaban J connectivity index is 5.44. The maximum absolute atomic E-state index is 13.1. The maximum Gasteiger partial charge on any atom is 0.472 e. The lowest BCUT2D eigenvalue weighted by Gasteiger charge is -2.21. The first-order valence-electron chi connectivity index (χ1n) is 40.1. The summed E-state index contributed by atoms with van der Waals surface area (Å²) in [6.45, 7) is 4.72. The van der Waals surface area contributed by atoms with E-state index in [0.29, 0.717) is 32.1 Å². The molecular formula is C83H144O17P2. The van der Waals surface area contributed by atoms with Gasteiger partial charge in [-0.05, 0) is 148 Å². The summed E-state index contributed by atoms with van der Waals surface area (Å²) in [5.41, 5.74) is 0. The van der Waals surface area contributed by atoms with Gasteiger partial charge in [0.2, 0.25) is 0 Å². The molecule has 0 aromatic rings. The van der Waals surface area contributed by atoms with E-state index in [4.69, 9.17) is 37.0 Å². The van der Waals surface area contributed by atoms with Crippen LogP contribution in [-0.2, 0) is 65.4 Å². The molecule has 0 radical (unpaired) electrons. The van der Waals surface area contributed by atoms with Crippen molar-refractivity contribution in [3.63, 3.8) is 0 Å². The molecular weight excluding hydrogens is 1330 g/mol. The molecule has 0 fully saturated rings. The average Bonchev–Trinajstić information content (AvgIpc) is 0.917. The summed E-state index contributed by atoms with van der Waals surface area (Å²) in [6, 6.07) is 0. The van der Waals surface area contributed by atoms with E-state index in [1.807, 2.05) is 12.2 Å². The van der Waals surface area contributed by atoms with Crippen LogP contribution in [0.2, 0.25) is 0 Å². The highest BCUT2D eigenvalue weighted by atomic mass is 31.2. The number of rotatable bonds is 75. The summed E-state index contributed by atoms with van der Waals surface area (Å²) in [6.07, 6.45) is 80.7. The van der Waals surface area contributed by atoms with Gasteiger partial charge in [-0.1, -0.05) is 272 Å². The number of unbranched alkanes of at least 4 members (excludes halogenated alkanes) is 32. The first kappa shape index (κ1) is 97.7. The fourth-order valence-electron chi connectivity index (χ4n) is 10.5. The van der Waals surface area contributed by atoms with Gasteiger partial charge in [0, 0.05) is 25.7 Å². The van der Waals surface area contributed by atoms with Gasteiger partial charge in [0.05, 0.1) is 26.4 Å². The lowest BCUT2D eigenvalue weighted by atomic mass is 10.1. The van der Waals surface area contributed by atoms with Gasteiger partial charge in [-0.15, -0.1) is 0 Å². The number of aliphatic hydroxyl groups excluding tert-OH is 1. The van der Waals surface area contributed by atoms with Gasteiger partial charge in [0.1, 0.15) is 19.3 Å². The fraction of sp³-hybridized carbons (Fsp3) is 0.735. The fourth-order valence-corrected chi connectivity index (χ4v) is 12.1. The minimum atomic E-state index is -5.00. The summed E-state index contributed by atoms with van der Waals surface area (Å²) in [7, 11) is -9.98. The number of aliphatic hydroxyl groups is 1. The van der Waals surface area contributed by atoms with E-state index in [-0.39, 0.29) is 25.7 Å². The second-order valence-corrected chi connectivity index (χ2v) is 29.6. The van der Waals surface area contributed by atoms with Gasteiger partial charge in [0.15, 0.2) is 12.2 Å². The second-order valence-electron chi connectivity index (χ2n) is 26.7. The lowest BCUT2D eigenvalue weighted by molar-refractivity contribution is -0.161. The predicted molar refractivity (Wildman–Crippen MR) is 418 cm³/mol. The van der Waals surface area contributed by atoms with E-state index in [1.54, 1.807) is 0 Å². The van der Waals surface area contributed by atoms with Crippen molar-refractivity contribution >= 4 is 39.5 Å². The number of carbonyl (C=O) groups excluding carboxylic acids is 4. The minimum absolute atomic E-state index is 0.0147. The second kappa shape index (κ2) is 75.0. The monoisotopic (exact) mass is 1470 g/mol. The lowest BCUT2D eigenvalue weighted by Crippen LogP contribution is -2.30. The van der Waals surface area contributed by atoms with Gasteiger partial charge in [-0.2, -0.15) is 0 Å². The average molecular weight is 1480 g/mol. The molecule has 0 saturated carbocycles. The molecule has 19 heteroatoms. The molecule has 0 bridgehead atoms. The summed E-state index contributed by atoms with van der Waals surface area (Å²) in [4.78, 5) is 73.0. The highest BCUT2D eigenvalue weighted by Gasteiger charge is 2.30. The molecule has 588 valence electrons. The van der Waals surface area contributed by atoms with Crippen molar-refractivity contribution in [3.8, 4) is 0 Å². The number of esters is 4. The van der Waals surface area contributed by atoms with E-state index < -0.39 is 97.5 Å². The summed E-state index contributed by atoms with van der Waals surface area (Å²) >= 11 is 0. The topological polar surface area (TPSA) is 237 Å². The number of carbonyl (C=O) groups is 4. The zero-order valence-electron chi connectivity index (χ0n) is 64.3. The van der Waals surface area contributed by atoms with Gasteiger partial charge in [0.25, 0.3) is 0 Å². The number of phosphoric acid groups is 2. The zero-order chi connectivity index (χ0) is 74.6. The van der Waals surface area contributed by atoms with Gasteiger partial charge < -0.3 is 33.8 Å². The largest absolute Gasteiger partial charge is 0.472 e. The molecule has 5 atom stereocenters. The standard InChI is InChI=1S/C83H144O17P2/c1-5-9-13-17-21-25-29-33-37-38-42-46-50-54-58-62-66-70-83(88)100-79(74-94-81(86)68-64-60-56-52-48-44-40-35-31-27-23-19-15-11-7-3)76-98-102(91,92)96-72-77(84)71-95-101(89,90)97-75-78(99-82(87)69-65-61-57-53-49-45-41-36-32-28-24-20-16-12-8-4)73-93-80(85)67-63-59-55-51-47-43-39-34-30-26-22-18-14-10-6-2/h21,23,25-27,30,33-37,39-42,46,54,58,77-79,84H,5-20,22,24,28-29,31-32,38,43-45,47-53,55-57,59-76H2,1-4H3,(H,89,90)(H,91,92)/b25-21-,27-23-,30-26-,37-33-,39-34-,40-35-,41-36-,46-42-,58-54-/t77-,78-,79-/m1/s1. The van der Waals surface area contributed by atoms with Crippen LogP contribution in [-0.4, -0.2) is 96.7 Å². The normalized spacial score (nSPS) is 14.5. The van der Waals surface area contributed by atoms with Crippen LogP contribution in [0, 0.1) is 0 Å². The van der Waals surface area contributed by atoms with E-state index in [2.05, 4.69) is 125 Å². The molecule has 3 N–H and O–H groups in total. The van der Waals surface area contributed by atoms with Crippen LogP contribution < -0.4 is 0 Å². The third-order valence-electron chi connectivity index (χ3n) is 16.7. The molecule has 0 heterocycles. The number of hydrogen-bond donors (Lipinski definition) is 3. The first-order valence-corrected chi connectivity index (χ1v) is 43.1. The summed E-state index contributed by atoms with van der Waals surface area (Å²) < 4.78 is 68.5. The van der Waals surface area contributed by atoms with Crippen LogP contribution in [0.5, 0.6) is 0 Å². The van der Waals surface area contributed by atoms with Crippen molar-refractivity contribution in [2.45, 2.75) is 354 Å². The van der Waals surface area contributed by atoms with Crippen molar-refractivity contribution in [2.75, 3.05) is 39.6 Å². The third kappa shape index (κ3) is 74.0. The molecule has 0 aliphatic carbocycles. The number of hydrogen-bond acceptors (Lipinski definition) is 15. The highest BCUT2D eigenvalue weighted by Crippen LogP contribution is 2.45. The molecule has 0 aliphatic heterocycles. The van der Waals surface area contributed by atoms with Gasteiger partial charge >= 0.3 is 39.5 Å². The van der Waals surface area contributed by atoms with Crippen molar-refractivity contribution in [1.82, 2.24) is 0 Å². The number of allylic oxidation sites excluding steroid dienone is 18. The van der Waals surface area contributed by atoms with Crippen LogP contribution >= 0.6 is 15.6 Å². The molecule has 0 rings (SSSR count). The van der Waals surface area contributed by atoms with Crippen molar-refractivity contribution in [1.29, 1.82) is 0 Å². The quantitative estimate of drug-likeness (QED) is 0.0128. The molecule has 0 aliphatic rings. The Morgan fingerprint density at radius 3 is 0.873 bits per heavy atom. The van der Waals surface area contributed by atoms with Crippen LogP contribution in [0.3, 0.4) is 0 Å². The Kier molecular flexibility index (Phi) is 71.8. The number of phosphoric ester groups is 2. The van der Waals surface area contributed by atoms with Crippen LogP contribution in [0.25, 0.3) is 0 Å². The molecule has 102 heavy (non-hydrogen) atoms. The molecule has 17 nitrogen and oxygen atoms in total. The molecule has 0 saturated heterocycles. The SMILES string of the molecule is CCCCC/C=C\C/C=C\C/C=C\C/C=C\CCCC(=O)O[C@H](COC(=O)CCCCCCC/C=C\C/C=C\CCCCC)COP(=O)(O)OC[C@H](O)COP(=O)(O)OC[C@@H](COC(=O)CCCCCCC/C=C\C=C/CCCCCC)OC(=O)CCCCCCC/C=C\CCCCCCCC. The van der Waals surface area contributed by atoms with E-state index in [1.165, 1.54) is 103 Å². The summed E-state index contributed by atoms with van der Waals surface area (Å²) in [5.74, 6) is -2.27. The van der Waals surface area contributed by atoms with E-state index in [9.17, 15) is 43.2 Å². The zero-order valence-corrected chi connectivity index (χ0v) is 66.0. The predicted octanol–water partition coefficient (Wildman–Crippen LogP) is 23.3. The third-order valence-corrected chi connectivity index (χ3v) is 18.6. The Labute approximate surface area is 619 Å². The van der Waals surface area contributed by atoms with E-state index >= 15 is 0 Å². The van der Waals surface area contributed by atoms with Crippen molar-refractivity contribution < 1.29 is 80.2 Å². The van der Waals surface area contributed by atoms with E-state index in [0.717, 1.165) is 148 Å². The highest BCUT2D eigenvalue weighted by molar-refractivity contribution is 7.47. The smallest absolute Gasteiger partial charge is 0.462 e. The maximum atomic E-state index is 13.1. The molecule has 0 aromatic carbocycles. The van der Waals surface area contributed by atoms with Gasteiger partial charge in [-0.25, -0.2) is 9.13 Å². The molecule has 2 unspecified atom stereocenters. The summed E-state index contributed by atoms with van der Waals surface area (Å²) in [5, 5.41) is 10.6. The Morgan fingerprint density at radius 1 is 0.284 bits per heavy atom. The molecule has 0 spiro atoms. The molecule has 0 amide bonds. The Hall–Kier alpha value is -4.28. The van der Waals surface area contributed by atoms with Crippen molar-refractivity contribution in [2.24, 2.45) is 0 Å². The Bertz CT molecular complexity index is 2360. The minimum Gasteiger partial charge on any atom is -0.462 e. The Morgan fingerprint density at radius 2 is 0.520 bits per heavy atom. The van der Waals surface area contributed by atoms with Crippen LogP contribution in [0.1, 0.15) is 336 Å². The van der Waals surface area contributed by atoms with Crippen LogP contribution in [0.4, 0.5) is 0 Å².